The van der Waals surface area contributed by atoms with Gasteiger partial charge in [-0.2, -0.15) is 0 Å². The number of hydrogen-bond donors (Lipinski definition) is 0. The van der Waals surface area contributed by atoms with E-state index < -0.39 is 0 Å². The number of rotatable bonds is 4. The van der Waals surface area contributed by atoms with Crippen LogP contribution in [0.15, 0.2) is 49.1 Å². The number of carbonyl (C=O) groups is 1. The number of amides is 1. The fraction of sp³-hybridized carbons (Fsp3) is 0.211. The highest BCUT2D eigenvalue weighted by atomic mass is 16.2. The van der Waals surface area contributed by atoms with Crippen LogP contribution in [0.2, 0.25) is 0 Å². The molecule has 3 rings (SSSR count). The Morgan fingerprint density at radius 3 is 2.52 bits per heavy atom. The highest BCUT2D eigenvalue weighted by Gasteiger charge is 2.14. The molecular weight excluding hydrogens is 314 g/mol. The summed E-state index contributed by atoms with van der Waals surface area (Å²) in [5.41, 5.74) is 4.20. The molecule has 0 N–H and O–H groups in total. The molecule has 1 amide bonds. The molecule has 0 bridgehead atoms. The largest absolute Gasteiger partial charge is 0.336 e. The Bertz CT molecular complexity index is 858. The molecule has 3 heterocycles. The number of nitrogens with zero attached hydrogens (tertiary/aromatic N) is 5. The third-order valence-electron chi connectivity index (χ3n) is 3.72. The van der Waals surface area contributed by atoms with Crippen molar-refractivity contribution in [2.75, 3.05) is 7.05 Å². The minimum Gasteiger partial charge on any atom is -0.336 e. The van der Waals surface area contributed by atoms with Crippen molar-refractivity contribution in [1.29, 1.82) is 0 Å². The van der Waals surface area contributed by atoms with Gasteiger partial charge in [-0.25, -0.2) is 9.97 Å². The van der Waals surface area contributed by atoms with E-state index in [1.807, 2.05) is 38.1 Å². The molecule has 0 spiro atoms. The molecule has 0 radical (unpaired) electrons. The quantitative estimate of drug-likeness (QED) is 0.734. The Hall–Kier alpha value is -3.15. The molecule has 0 aliphatic rings. The van der Waals surface area contributed by atoms with E-state index in [0.717, 1.165) is 22.5 Å². The Labute approximate surface area is 146 Å². The van der Waals surface area contributed by atoms with Crippen LogP contribution in [-0.2, 0) is 6.54 Å². The second-order valence-electron chi connectivity index (χ2n) is 5.98. The molecule has 6 nitrogen and oxygen atoms in total. The second-order valence-corrected chi connectivity index (χ2v) is 5.98. The van der Waals surface area contributed by atoms with Crippen molar-refractivity contribution in [3.63, 3.8) is 0 Å². The van der Waals surface area contributed by atoms with Crippen LogP contribution in [0.3, 0.4) is 0 Å². The smallest absolute Gasteiger partial charge is 0.257 e. The van der Waals surface area contributed by atoms with Crippen LogP contribution in [0.1, 0.15) is 27.3 Å². The third-order valence-corrected chi connectivity index (χ3v) is 3.72. The zero-order valence-corrected chi connectivity index (χ0v) is 14.5. The Kier molecular flexibility index (Phi) is 4.79. The summed E-state index contributed by atoms with van der Waals surface area (Å²) in [5, 5.41) is 0. The Morgan fingerprint density at radius 1 is 1.12 bits per heavy atom. The van der Waals surface area contributed by atoms with Crippen molar-refractivity contribution >= 4 is 5.91 Å². The van der Waals surface area contributed by atoms with Gasteiger partial charge in [-0.1, -0.05) is 0 Å². The van der Waals surface area contributed by atoms with Crippen molar-refractivity contribution in [3.8, 4) is 11.4 Å². The molecule has 0 fully saturated rings. The van der Waals surface area contributed by atoms with Gasteiger partial charge in [-0.3, -0.25) is 14.8 Å². The zero-order valence-electron chi connectivity index (χ0n) is 14.5. The van der Waals surface area contributed by atoms with E-state index in [0.29, 0.717) is 17.9 Å². The normalized spacial score (nSPS) is 10.5. The molecule has 0 aliphatic heterocycles. The maximum atomic E-state index is 12.6. The SMILES string of the molecule is Cc1cc(C)nc(CN(C)C(=O)c2cnc(-c3cccnc3)nc2)c1. The van der Waals surface area contributed by atoms with Crippen LogP contribution >= 0.6 is 0 Å². The van der Waals surface area contributed by atoms with E-state index in [1.54, 1.807) is 36.7 Å². The van der Waals surface area contributed by atoms with Gasteiger partial charge in [0.25, 0.3) is 5.91 Å². The fourth-order valence-corrected chi connectivity index (χ4v) is 2.62. The number of aromatic nitrogens is 4. The number of hydrogen-bond acceptors (Lipinski definition) is 5. The van der Waals surface area contributed by atoms with Crippen LogP contribution < -0.4 is 0 Å². The highest BCUT2D eigenvalue weighted by molar-refractivity contribution is 5.93. The summed E-state index contributed by atoms with van der Waals surface area (Å²) >= 11 is 0. The summed E-state index contributed by atoms with van der Waals surface area (Å²) < 4.78 is 0. The van der Waals surface area contributed by atoms with Crippen molar-refractivity contribution in [2.24, 2.45) is 0 Å². The number of pyridine rings is 2. The lowest BCUT2D eigenvalue weighted by atomic mass is 10.2. The van der Waals surface area contributed by atoms with Crippen molar-refractivity contribution in [3.05, 3.63) is 71.6 Å². The maximum Gasteiger partial charge on any atom is 0.257 e. The summed E-state index contributed by atoms with van der Waals surface area (Å²) in [7, 11) is 1.75. The summed E-state index contributed by atoms with van der Waals surface area (Å²) in [6.45, 7) is 4.40. The molecule has 3 aromatic rings. The van der Waals surface area contributed by atoms with Crippen LogP contribution in [0.25, 0.3) is 11.4 Å². The topological polar surface area (TPSA) is 71.9 Å². The minimum absolute atomic E-state index is 0.140. The van der Waals surface area contributed by atoms with E-state index in [-0.39, 0.29) is 5.91 Å². The molecule has 126 valence electrons. The van der Waals surface area contributed by atoms with Gasteiger partial charge in [0.2, 0.25) is 0 Å². The lowest BCUT2D eigenvalue weighted by molar-refractivity contribution is 0.0782. The molecule has 0 saturated carbocycles. The van der Waals surface area contributed by atoms with Gasteiger partial charge in [0.05, 0.1) is 17.8 Å². The number of aryl methyl sites for hydroxylation is 2. The molecule has 0 unspecified atom stereocenters. The fourth-order valence-electron chi connectivity index (χ4n) is 2.62. The average Bonchev–Trinajstić information content (AvgIpc) is 2.61. The van der Waals surface area contributed by atoms with Gasteiger partial charge >= 0.3 is 0 Å². The van der Waals surface area contributed by atoms with E-state index in [4.69, 9.17) is 0 Å². The van der Waals surface area contributed by atoms with Gasteiger partial charge in [0, 0.05) is 43.1 Å². The zero-order chi connectivity index (χ0) is 17.8. The lowest BCUT2D eigenvalue weighted by Crippen LogP contribution is -2.27. The van der Waals surface area contributed by atoms with Crippen LogP contribution in [0.5, 0.6) is 0 Å². The predicted octanol–water partition coefficient (Wildman–Crippen LogP) is 2.82. The van der Waals surface area contributed by atoms with Gasteiger partial charge in [0.15, 0.2) is 5.82 Å². The van der Waals surface area contributed by atoms with Crippen LogP contribution in [-0.4, -0.2) is 37.8 Å². The Morgan fingerprint density at radius 2 is 1.88 bits per heavy atom. The summed E-state index contributed by atoms with van der Waals surface area (Å²) in [6, 6.07) is 7.69. The highest BCUT2D eigenvalue weighted by Crippen LogP contribution is 2.13. The molecule has 0 atom stereocenters. The first kappa shape index (κ1) is 16.7. The Balaban J connectivity index is 1.74. The van der Waals surface area contributed by atoms with Crippen molar-refractivity contribution in [2.45, 2.75) is 20.4 Å². The van der Waals surface area contributed by atoms with Crippen molar-refractivity contribution < 1.29 is 4.79 Å². The lowest BCUT2D eigenvalue weighted by Gasteiger charge is -2.17. The molecule has 0 aliphatic carbocycles. The average molecular weight is 333 g/mol. The van der Waals surface area contributed by atoms with Gasteiger partial charge in [-0.05, 0) is 43.7 Å². The molecule has 0 saturated heterocycles. The molecule has 3 aromatic heterocycles. The van der Waals surface area contributed by atoms with Gasteiger partial charge < -0.3 is 4.90 Å². The third kappa shape index (κ3) is 4.03. The minimum atomic E-state index is -0.140. The van der Waals surface area contributed by atoms with Crippen LogP contribution in [0, 0.1) is 13.8 Å². The first-order valence-electron chi connectivity index (χ1n) is 7.95. The molecule has 0 aromatic carbocycles. The van der Waals surface area contributed by atoms with E-state index >= 15 is 0 Å². The predicted molar refractivity (Wildman–Crippen MR) is 94.8 cm³/mol. The maximum absolute atomic E-state index is 12.6. The van der Waals surface area contributed by atoms with E-state index in [1.165, 1.54) is 0 Å². The first-order chi connectivity index (χ1) is 12.0. The monoisotopic (exact) mass is 333 g/mol. The standard InChI is InChI=1S/C19H19N5O/c1-13-7-14(2)23-17(8-13)12-24(3)19(25)16-10-21-18(22-11-16)15-5-4-6-20-9-15/h4-11H,12H2,1-3H3. The number of carbonyl (C=O) groups excluding carboxylic acids is 1. The van der Waals surface area contributed by atoms with Crippen LogP contribution in [0.4, 0.5) is 0 Å². The van der Waals surface area contributed by atoms with Crippen molar-refractivity contribution in [1.82, 2.24) is 24.8 Å². The van der Waals surface area contributed by atoms with E-state index in [9.17, 15) is 4.79 Å². The first-order valence-corrected chi connectivity index (χ1v) is 7.95. The van der Waals surface area contributed by atoms with E-state index in [2.05, 4.69) is 19.9 Å². The summed E-state index contributed by atoms with van der Waals surface area (Å²) in [5.74, 6) is 0.405. The molecule has 6 heteroatoms. The summed E-state index contributed by atoms with van der Waals surface area (Å²) in [4.78, 5) is 31.3. The second kappa shape index (κ2) is 7.17. The molecule has 25 heavy (non-hydrogen) atoms. The van der Waals surface area contributed by atoms with Gasteiger partial charge in [-0.15, -0.1) is 0 Å². The van der Waals surface area contributed by atoms with Gasteiger partial charge in [0.1, 0.15) is 0 Å². The molecular formula is C19H19N5O. The summed E-state index contributed by atoms with van der Waals surface area (Å²) in [6.07, 6.45) is 6.47.